The summed E-state index contributed by atoms with van der Waals surface area (Å²) < 4.78 is 10.5. The number of carbonyl (C=O) groups excluding carboxylic acids is 1. The number of aryl methyl sites for hydroxylation is 1. The average molecular weight is 338 g/mol. The molecular weight excluding hydrogens is 320 g/mol. The van der Waals surface area contributed by atoms with Crippen molar-refractivity contribution >= 4 is 23.1 Å². The van der Waals surface area contributed by atoms with Crippen LogP contribution in [-0.2, 0) is 0 Å². The normalized spacial score (nSPS) is 10.3. The highest BCUT2D eigenvalue weighted by Gasteiger charge is 2.12. The number of ether oxygens (including phenoxy) is 1. The topological polar surface area (TPSA) is 89.3 Å². The van der Waals surface area contributed by atoms with Gasteiger partial charge >= 0.3 is 0 Å². The Morgan fingerprint density at radius 1 is 1.24 bits per heavy atom. The Bertz CT molecular complexity index is 876. The van der Waals surface area contributed by atoms with Crippen LogP contribution < -0.4 is 15.4 Å². The fraction of sp³-hybridized carbons (Fsp3) is 0.167. The molecule has 1 amide bonds. The summed E-state index contributed by atoms with van der Waals surface area (Å²) in [6.07, 6.45) is 1.55. The minimum atomic E-state index is -0.327. The molecule has 3 rings (SSSR count). The van der Waals surface area contributed by atoms with Crippen LogP contribution in [0, 0.1) is 6.92 Å². The number of hydrogen-bond donors (Lipinski definition) is 2. The molecule has 3 aromatic rings. The first kappa shape index (κ1) is 16.5. The first-order valence-electron chi connectivity index (χ1n) is 7.85. The van der Waals surface area contributed by atoms with Crippen LogP contribution >= 0.6 is 0 Å². The molecule has 0 radical (unpaired) electrons. The minimum absolute atomic E-state index is 0.275. The fourth-order valence-corrected chi connectivity index (χ4v) is 2.24. The third-order valence-electron chi connectivity index (χ3n) is 3.33. The lowest BCUT2D eigenvalue weighted by molar-refractivity contribution is 0.102. The van der Waals surface area contributed by atoms with E-state index in [-0.39, 0.29) is 11.6 Å². The second-order valence-electron chi connectivity index (χ2n) is 5.26. The van der Waals surface area contributed by atoms with Gasteiger partial charge in [0, 0.05) is 18.0 Å². The van der Waals surface area contributed by atoms with E-state index in [1.807, 2.05) is 19.1 Å². The van der Waals surface area contributed by atoms with E-state index in [0.717, 1.165) is 0 Å². The lowest BCUT2D eigenvalue weighted by Crippen LogP contribution is -2.14. The van der Waals surface area contributed by atoms with Gasteiger partial charge in [0.2, 0.25) is 0 Å². The van der Waals surface area contributed by atoms with Gasteiger partial charge in [0.1, 0.15) is 17.2 Å². The summed E-state index contributed by atoms with van der Waals surface area (Å²) in [5, 5.41) is 9.75. The molecule has 0 aliphatic rings. The summed E-state index contributed by atoms with van der Waals surface area (Å²) in [7, 11) is 0. The molecule has 1 aromatic carbocycles. The smallest absolute Gasteiger partial charge is 0.274 e. The zero-order valence-electron chi connectivity index (χ0n) is 13.9. The van der Waals surface area contributed by atoms with Gasteiger partial charge in [-0.15, -0.1) is 0 Å². The van der Waals surface area contributed by atoms with Crippen molar-refractivity contribution in [2.45, 2.75) is 13.8 Å². The summed E-state index contributed by atoms with van der Waals surface area (Å²) in [4.78, 5) is 16.6. The lowest BCUT2D eigenvalue weighted by Gasteiger charge is -2.11. The second-order valence-corrected chi connectivity index (χ2v) is 5.26. The van der Waals surface area contributed by atoms with Gasteiger partial charge in [-0.2, -0.15) is 0 Å². The van der Waals surface area contributed by atoms with Crippen LogP contribution in [0.1, 0.15) is 23.2 Å². The highest BCUT2D eigenvalue weighted by Crippen LogP contribution is 2.24. The molecule has 0 aliphatic heterocycles. The molecule has 7 heteroatoms. The molecular formula is C18H18N4O3. The molecule has 2 heterocycles. The number of anilines is 3. The Morgan fingerprint density at radius 3 is 2.84 bits per heavy atom. The molecule has 0 aliphatic carbocycles. The van der Waals surface area contributed by atoms with E-state index < -0.39 is 0 Å². The van der Waals surface area contributed by atoms with Crippen molar-refractivity contribution in [1.82, 2.24) is 10.1 Å². The standard InChI is InChI=1S/C18H18N4O3/c1-3-24-16-7-5-4-6-14(16)21-18(23)15-11-13(8-9-19-15)20-17-10-12(2)25-22-17/h4-11H,3H2,1-2H3,(H,21,23)(H,19,20,22). The molecule has 0 unspecified atom stereocenters. The van der Waals surface area contributed by atoms with Gasteiger partial charge in [-0.1, -0.05) is 17.3 Å². The summed E-state index contributed by atoms with van der Waals surface area (Å²) in [5.74, 6) is 1.55. The van der Waals surface area contributed by atoms with E-state index in [2.05, 4.69) is 20.8 Å². The maximum absolute atomic E-state index is 12.5. The predicted octanol–water partition coefficient (Wildman–Crippen LogP) is 3.77. The van der Waals surface area contributed by atoms with Gasteiger partial charge < -0.3 is 19.9 Å². The van der Waals surface area contributed by atoms with Gasteiger partial charge in [-0.05, 0) is 38.1 Å². The minimum Gasteiger partial charge on any atom is -0.492 e. The van der Waals surface area contributed by atoms with Crippen LogP contribution in [-0.4, -0.2) is 22.7 Å². The van der Waals surface area contributed by atoms with Crippen LogP contribution in [0.25, 0.3) is 0 Å². The lowest BCUT2D eigenvalue weighted by atomic mass is 10.2. The van der Waals surface area contributed by atoms with Crippen LogP contribution in [0.15, 0.2) is 53.2 Å². The maximum atomic E-state index is 12.5. The van der Waals surface area contributed by atoms with Crippen LogP contribution in [0.3, 0.4) is 0 Å². The molecule has 0 atom stereocenters. The average Bonchev–Trinajstić information content (AvgIpc) is 3.02. The van der Waals surface area contributed by atoms with Crippen LogP contribution in [0.2, 0.25) is 0 Å². The Morgan fingerprint density at radius 2 is 2.08 bits per heavy atom. The summed E-state index contributed by atoms with van der Waals surface area (Å²) >= 11 is 0. The third-order valence-corrected chi connectivity index (χ3v) is 3.33. The van der Waals surface area contributed by atoms with Crippen molar-refractivity contribution in [3.05, 3.63) is 60.1 Å². The van der Waals surface area contributed by atoms with Crippen molar-refractivity contribution in [3.63, 3.8) is 0 Å². The zero-order chi connectivity index (χ0) is 17.6. The third kappa shape index (κ3) is 4.14. The molecule has 25 heavy (non-hydrogen) atoms. The molecule has 2 aromatic heterocycles. The summed E-state index contributed by atoms with van der Waals surface area (Å²) in [6.45, 7) is 4.21. The predicted molar refractivity (Wildman–Crippen MR) is 94.3 cm³/mol. The number of hydrogen-bond acceptors (Lipinski definition) is 6. The van der Waals surface area contributed by atoms with Gasteiger partial charge in [0.15, 0.2) is 5.82 Å². The van der Waals surface area contributed by atoms with Crippen molar-refractivity contribution in [1.29, 1.82) is 0 Å². The second kappa shape index (κ2) is 7.48. The van der Waals surface area contributed by atoms with Crippen molar-refractivity contribution in [2.24, 2.45) is 0 Å². The largest absolute Gasteiger partial charge is 0.492 e. The van der Waals surface area contributed by atoms with Gasteiger partial charge in [0.05, 0.1) is 12.3 Å². The number of aromatic nitrogens is 2. The van der Waals surface area contributed by atoms with Crippen molar-refractivity contribution in [2.75, 3.05) is 17.2 Å². The van der Waals surface area contributed by atoms with E-state index in [1.54, 1.807) is 43.5 Å². The number of amides is 1. The number of para-hydroxylation sites is 2. The molecule has 0 saturated carbocycles. The van der Waals surface area contributed by atoms with Crippen molar-refractivity contribution in [3.8, 4) is 5.75 Å². The molecule has 0 bridgehead atoms. The van der Waals surface area contributed by atoms with Gasteiger partial charge in [-0.3, -0.25) is 9.78 Å². The van der Waals surface area contributed by atoms with E-state index in [1.165, 1.54) is 0 Å². The molecule has 2 N–H and O–H groups in total. The van der Waals surface area contributed by atoms with E-state index >= 15 is 0 Å². The number of rotatable bonds is 6. The first-order valence-corrected chi connectivity index (χ1v) is 7.85. The molecule has 128 valence electrons. The number of carbonyl (C=O) groups is 1. The monoisotopic (exact) mass is 338 g/mol. The number of nitrogens with zero attached hydrogens (tertiary/aromatic N) is 2. The van der Waals surface area contributed by atoms with E-state index in [9.17, 15) is 4.79 Å². The number of benzene rings is 1. The van der Waals surface area contributed by atoms with E-state index in [0.29, 0.717) is 35.3 Å². The Kier molecular flexibility index (Phi) is 4.94. The highest BCUT2D eigenvalue weighted by molar-refractivity contribution is 6.04. The van der Waals surface area contributed by atoms with E-state index in [4.69, 9.17) is 9.26 Å². The molecule has 0 fully saturated rings. The van der Waals surface area contributed by atoms with Crippen LogP contribution in [0.5, 0.6) is 5.75 Å². The SMILES string of the molecule is CCOc1ccccc1NC(=O)c1cc(Nc2cc(C)on2)ccn1. The maximum Gasteiger partial charge on any atom is 0.274 e. The Hall–Kier alpha value is -3.35. The zero-order valence-corrected chi connectivity index (χ0v) is 13.9. The van der Waals surface area contributed by atoms with Gasteiger partial charge in [0.25, 0.3) is 5.91 Å². The Labute approximate surface area is 145 Å². The molecule has 0 spiro atoms. The first-order chi connectivity index (χ1) is 12.2. The number of pyridine rings is 1. The molecule has 7 nitrogen and oxygen atoms in total. The van der Waals surface area contributed by atoms with Crippen molar-refractivity contribution < 1.29 is 14.1 Å². The Balaban J connectivity index is 1.75. The summed E-state index contributed by atoms with van der Waals surface area (Å²) in [5.41, 5.74) is 1.56. The fourth-order valence-electron chi connectivity index (χ4n) is 2.24. The summed E-state index contributed by atoms with van der Waals surface area (Å²) in [6, 6.07) is 12.4. The number of nitrogens with one attached hydrogen (secondary N) is 2. The highest BCUT2D eigenvalue weighted by atomic mass is 16.5. The van der Waals surface area contributed by atoms with Gasteiger partial charge in [-0.25, -0.2) is 0 Å². The van der Waals surface area contributed by atoms with Crippen LogP contribution in [0.4, 0.5) is 17.2 Å². The molecule has 0 saturated heterocycles. The quantitative estimate of drug-likeness (QED) is 0.711.